The summed E-state index contributed by atoms with van der Waals surface area (Å²) in [5.74, 6) is 0.353. The van der Waals surface area contributed by atoms with Gasteiger partial charge in [0.25, 0.3) is 5.91 Å². The van der Waals surface area contributed by atoms with Gasteiger partial charge in [0.1, 0.15) is 5.82 Å². The summed E-state index contributed by atoms with van der Waals surface area (Å²) >= 11 is 6.17. The molecule has 0 radical (unpaired) electrons. The summed E-state index contributed by atoms with van der Waals surface area (Å²) in [5.41, 5.74) is 3.43. The highest BCUT2D eigenvalue weighted by atomic mass is 35.5. The predicted octanol–water partition coefficient (Wildman–Crippen LogP) is 4.76. The van der Waals surface area contributed by atoms with Gasteiger partial charge in [-0.25, -0.2) is 4.98 Å². The van der Waals surface area contributed by atoms with Crippen molar-refractivity contribution in [1.29, 1.82) is 0 Å². The Morgan fingerprint density at radius 2 is 1.85 bits per heavy atom. The number of nitrogens with zero attached hydrogens (tertiary/aromatic N) is 1. The quantitative estimate of drug-likeness (QED) is 0.662. The molecule has 0 atom stereocenters. The average Bonchev–Trinajstić information content (AvgIpc) is 2.67. The summed E-state index contributed by atoms with van der Waals surface area (Å²) in [6.07, 6.45) is 2.44. The number of carbonyl (C=O) groups excluding carboxylic acids is 1. The number of hydrogen-bond donors (Lipinski definition) is 2. The lowest BCUT2D eigenvalue weighted by Gasteiger charge is -2.13. The molecular formula is C21H20ClN3O. The van der Waals surface area contributed by atoms with Gasteiger partial charge < -0.3 is 10.6 Å². The third kappa shape index (κ3) is 4.41. The van der Waals surface area contributed by atoms with Gasteiger partial charge in [-0.1, -0.05) is 48.0 Å². The summed E-state index contributed by atoms with van der Waals surface area (Å²) in [4.78, 5) is 16.9. The Labute approximate surface area is 158 Å². The number of hydrogen-bond acceptors (Lipinski definition) is 3. The maximum atomic E-state index is 12.6. The molecule has 3 rings (SSSR count). The molecule has 2 aromatic carbocycles. The molecule has 0 aliphatic heterocycles. The summed E-state index contributed by atoms with van der Waals surface area (Å²) in [5, 5.41) is 6.84. The first kappa shape index (κ1) is 18.0. The van der Waals surface area contributed by atoms with E-state index in [2.05, 4.69) is 15.6 Å². The van der Waals surface area contributed by atoms with Crippen molar-refractivity contribution in [2.45, 2.75) is 13.3 Å². The van der Waals surface area contributed by atoms with E-state index in [1.807, 2.05) is 55.5 Å². The molecule has 0 aliphatic rings. The van der Waals surface area contributed by atoms with E-state index in [0.717, 1.165) is 17.7 Å². The molecule has 1 amide bonds. The molecule has 0 saturated carbocycles. The van der Waals surface area contributed by atoms with Crippen molar-refractivity contribution >= 4 is 29.0 Å². The van der Waals surface area contributed by atoms with Crippen LogP contribution in [0.5, 0.6) is 0 Å². The summed E-state index contributed by atoms with van der Waals surface area (Å²) in [7, 11) is 0. The largest absolute Gasteiger partial charge is 0.352 e. The van der Waals surface area contributed by atoms with E-state index in [1.165, 1.54) is 5.56 Å². The highest BCUT2D eigenvalue weighted by molar-refractivity contribution is 6.31. The zero-order valence-corrected chi connectivity index (χ0v) is 15.3. The summed E-state index contributed by atoms with van der Waals surface area (Å²) < 4.78 is 0. The van der Waals surface area contributed by atoms with Gasteiger partial charge in [0.2, 0.25) is 0 Å². The second-order valence-electron chi connectivity index (χ2n) is 5.93. The maximum Gasteiger partial charge on any atom is 0.255 e. The van der Waals surface area contributed by atoms with E-state index in [1.54, 1.807) is 18.3 Å². The first-order chi connectivity index (χ1) is 12.6. The van der Waals surface area contributed by atoms with Gasteiger partial charge in [0, 0.05) is 23.5 Å². The van der Waals surface area contributed by atoms with Crippen molar-refractivity contribution in [2.75, 3.05) is 11.9 Å². The van der Waals surface area contributed by atoms with Crippen LogP contribution in [0.2, 0.25) is 5.02 Å². The van der Waals surface area contributed by atoms with Crippen LogP contribution in [0, 0.1) is 6.92 Å². The topological polar surface area (TPSA) is 54.0 Å². The van der Waals surface area contributed by atoms with Crippen molar-refractivity contribution in [3.8, 4) is 0 Å². The number of benzene rings is 2. The van der Waals surface area contributed by atoms with Crippen molar-refractivity contribution < 1.29 is 4.79 Å². The predicted molar refractivity (Wildman–Crippen MR) is 106 cm³/mol. The van der Waals surface area contributed by atoms with Crippen LogP contribution in [0.3, 0.4) is 0 Å². The normalized spacial score (nSPS) is 10.4. The standard InChI is InChI=1S/C21H20ClN3O/c1-15-18(22)10-5-11-19(15)25-20-17(9-6-13-23-20)21(26)24-14-12-16-7-3-2-4-8-16/h2-11,13H,12,14H2,1H3,(H,23,25)(H,24,26). The zero-order chi connectivity index (χ0) is 18.4. The molecule has 0 unspecified atom stereocenters. The molecule has 132 valence electrons. The second kappa shape index (κ2) is 8.50. The van der Waals surface area contributed by atoms with E-state index < -0.39 is 0 Å². The first-order valence-corrected chi connectivity index (χ1v) is 8.82. The van der Waals surface area contributed by atoms with E-state index in [-0.39, 0.29) is 5.91 Å². The lowest BCUT2D eigenvalue weighted by molar-refractivity contribution is 0.0954. The van der Waals surface area contributed by atoms with Crippen molar-refractivity contribution in [3.63, 3.8) is 0 Å². The molecule has 26 heavy (non-hydrogen) atoms. The second-order valence-corrected chi connectivity index (χ2v) is 6.34. The number of amides is 1. The van der Waals surface area contributed by atoms with E-state index in [0.29, 0.717) is 22.9 Å². The minimum absolute atomic E-state index is 0.156. The van der Waals surface area contributed by atoms with Gasteiger partial charge in [-0.15, -0.1) is 0 Å². The highest BCUT2D eigenvalue weighted by Crippen LogP contribution is 2.26. The third-order valence-electron chi connectivity index (χ3n) is 4.12. The van der Waals surface area contributed by atoms with Crippen LogP contribution in [-0.4, -0.2) is 17.4 Å². The lowest BCUT2D eigenvalue weighted by Crippen LogP contribution is -2.26. The van der Waals surface area contributed by atoms with Gasteiger partial charge in [0.15, 0.2) is 0 Å². The molecule has 5 heteroatoms. The molecule has 0 spiro atoms. The highest BCUT2D eigenvalue weighted by Gasteiger charge is 2.13. The van der Waals surface area contributed by atoms with Gasteiger partial charge in [-0.2, -0.15) is 0 Å². The number of rotatable bonds is 6. The fourth-order valence-corrected chi connectivity index (χ4v) is 2.79. The molecule has 0 aliphatic carbocycles. The Balaban J connectivity index is 1.70. The molecule has 1 aromatic heterocycles. The minimum atomic E-state index is -0.156. The van der Waals surface area contributed by atoms with Crippen LogP contribution in [0.15, 0.2) is 66.9 Å². The molecule has 1 heterocycles. The van der Waals surface area contributed by atoms with Crippen molar-refractivity contribution in [1.82, 2.24) is 10.3 Å². The Bertz CT molecular complexity index is 897. The Hall–Kier alpha value is -2.85. The van der Waals surface area contributed by atoms with Crippen LogP contribution in [0.4, 0.5) is 11.5 Å². The first-order valence-electron chi connectivity index (χ1n) is 8.44. The van der Waals surface area contributed by atoms with Crippen molar-refractivity contribution in [3.05, 3.63) is 88.6 Å². The van der Waals surface area contributed by atoms with E-state index in [9.17, 15) is 4.79 Å². The van der Waals surface area contributed by atoms with Crippen LogP contribution in [0.1, 0.15) is 21.5 Å². The van der Waals surface area contributed by atoms with Crippen LogP contribution < -0.4 is 10.6 Å². The summed E-state index contributed by atoms with van der Waals surface area (Å²) in [6, 6.07) is 19.2. The Morgan fingerprint density at radius 3 is 2.65 bits per heavy atom. The zero-order valence-electron chi connectivity index (χ0n) is 14.5. The van der Waals surface area contributed by atoms with Gasteiger partial charge in [0.05, 0.1) is 5.56 Å². The molecular weight excluding hydrogens is 346 g/mol. The number of aromatic nitrogens is 1. The third-order valence-corrected chi connectivity index (χ3v) is 4.52. The van der Waals surface area contributed by atoms with Crippen LogP contribution in [-0.2, 0) is 6.42 Å². The van der Waals surface area contributed by atoms with Crippen molar-refractivity contribution in [2.24, 2.45) is 0 Å². The molecule has 0 bridgehead atoms. The average molecular weight is 366 g/mol. The number of carbonyl (C=O) groups is 1. The summed E-state index contributed by atoms with van der Waals surface area (Å²) in [6.45, 7) is 2.49. The van der Waals surface area contributed by atoms with Gasteiger partial charge in [-0.3, -0.25) is 4.79 Å². The minimum Gasteiger partial charge on any atom is -0.352 e. The molecule has 0 fully saturated rings. The fourth-order valence-electron chi connectivity index (χ4n) is 2.62. The SMILES string of the molecule is Cc1c(Cl)cccc1Nc1ncccc1C(=O)NCCc1ccccc1. The Morgan fingerprint density at radius 1 is 1.04 bits per heavy atom. The number of nitrogens with one attached hydrogen (secondary N) is 2. The Kier molecular flexibility index (Phi) is 5.87. The van der Waals surface area contributed by atoms with E-state index in [4.69, 9.17) is 11.6 Å². The van der Waals surface area contributed by atoms with Gasteiger partial charge in [-0.05, 0) is 48.7 Å². The molecule has 2 N–H and O–H groups in total. The number of anilines is 2. The maximum absolute atomic E-state index is 12.6. The fraction of sp³-hybridized carbons (Fsp3) is 0.143. The smallest absolute Gasteiger partial charge is 0.255 e. The lowest BCUT2D eigenvalue weighted by atomic mass is 10.1. The van der Waals surface area contributed by atoms with Gasteiger partial charge >= 0.3 is 0 Å². The van der Waals surface area contributed by atoms with E-state index >= 15 is 0 Å². The van der Waals surface area contributed by atoms with Crippen LogP contribution >= 0.6 is 11.6 Å². The number of pyridine rings is 1. The molecule has 3 aromatic rings. The molecule has 4 nitrogen and oxygen atoms in total. The molecule has 0 saturated heterocycles. The van der Waals surface area contributed by atoms with Crippen LogP contribution in [0.25, 0.3) is 0 Å². The monoisotopic (exact) mass is 365 g/mol. The number of halogens is 1.